The number of ether oxygens (including phenoxy) is 2. The number of benzene rings is 1. The van der Waals surface area contributed by atoms with E-state index in [1.54, 1.807) is 38.1 Å². The molecule has 2 rings (SSSR count). The summed E-state index contributed by atoms with van der Waals surface area (Å²) in [5.41, 5.74) is 2.83. The second kappa shape index (κ2) is 7.86. The normalized spacial score (nSPS) is 14.7. The first-order chi connectivity index (χ1) is 12.3. The van der Waals surface area contributed by atoms with Crippen LogP contribution in [-0.2, 0) is 23.9 Å². The molecule has 0 bridgehead atoms. The van der Waals surface area contributed by atoms with E-state index in [2.05, 4.69) is 10.6 Å². The summed E-state index contributed by atoms with van der Waals surface area (Å²) in [5, 5.41) is 5.79. The Hall–Kier alpha value is -3.09. The van der Waals surface area contributed by atoms with Gasteiger partial charge in [0.05, 0.1) is 31.3 Å². The smallest absolute Gasteiger partial charge is 0.336 e. The second-order valence-electron chi connectivity index (χ2n) is 5.89. The van der Waals surface area contributed by atoms with Gasteiger partial charge in [0.1, 0.15) is 0 Å². The van der Waals surface area contributed by atoms with Crippen molar-refractivity contribution >= 4 is 23.5 Å². The minimum Gasteiger partial charge on any atom is -0.466 e. The van der Waals surface area contributed by atoms with Crippen LogP contribution in [0.15, 0.2) is 46.8 Å². The fraction of sp³-hybridized carbons (Fsp3) is 0.316. The molecule has 2 N–H and O–H groups in total. The zero-order chi connectivity index (χ0) is 19.4. The molecule has 1 aliphatic heterocycles. The summed E-state index contributed by atoms with van der Waals surface area (Å²) < 4.78 is 9.86. The van der Waals surface area contributed by atoms with Crippen LogP contribution >= 0.6 is 0 Å². The van der Waals surface area contributed by atoms with Crippen molar-refractivity contribution in [3.8, 4) is 0 Å². The molecule has 0 saturated carbocycles. The molecular formula is C19H22N2O5. The van der Waals surface area contributed by atoms with Crippen molar-refractivity contribution in [3.63, 3.8) is 0 Å². The Bertz CT molecular complexity index is 785. The Balaban J connectivity index is 2.75. The molecule has 1 amide bonds. The maximum absolute atomic E-state index is 12.5. The quantitative estimate of drug-likeness (QED) is 0.802. The number of allylic oxidation sites excluding steroid dienone is 2. The molecule has 7 heteroatoms. The molecule has 0 saturated heterocycles. The molecule has 138 valence electrons. The number of rotatable bonds is 4. The van der Waals surface area contributed by atoms with Gasteiger partial charge in [0.15, 0.2) is 0 Å². The SMILES string of the molecule is COC(=O)C1=C(C)NC(C)=C(C(=O)OC)C1c1ccccc1NC(C)=O. The van der Waals surface area contributed by atoms with Gasteiger partial charge < -0.3 is 20.1 Å². The van der Waals surface area contributed by atoms with Crippen LogP contribution in [0.3, 0.4) is 0 Å². The summed E-state index contributed by atoms with van der Waals surface area (Å²) in [6.45, 7) is 4.86. The molecule has 0 unspecified atom stereocenters. The summed E-state index contributed by atoms with van der Waals surface area (Å²) >= 11 is 0. The highest BCUT2D eigenvalue weighted by atomic mass is 16.5. The van der Waals surface area contributed by atoms with E-state index in [1.165, 1.54) is 21.1 Å². The van der Waals surface area contributed by atoms with Crippen LogP contribution in [0, 0.1) is 0 Å². The number of amides is 1. The third-order valence-electron chi connectivity index (χ3n) is 4.15. The van der Waals surface area contributed by atoms with Crippen molar-refractivity contribution in [3.05, 3.63) is 52.4 Å². The lowest BCUT2D eigenvalue weighted by Gasteiger charge is -2.31. The van der Waals surface area contributed by atoms with Crippen molar-refractivity contribution in [2.45, 2.75) is 26.7 Å². The van der Waals surface area contributed by atoms with E-state index in [-0.39, 0.29) is 17.1 Å². The van der Waals surface area contributed by atoms with Crippen molar-refractivity contribution < 1.29 is 23.9 Å². The number of carbonyl (C=O) groups is 3. The van der Waals surface area contributed by atoms with Crippen molar-refractivity contribution in [2.24, 2.45) is 0 Å². The first-order valence-corrected chi connectivity index (χ1v) is 8.03. The monoisotopic (exact) mass is 358 g/mol. The Morgan fingerprint density at radius 2 is 1.46 bits per heavy atom. The van der Waals surface area contributed by atoms with Gasteiger partial charge in [0.2, 0.25) is 5.91 Å². The van der Waals surface area contributed by atoms with Gasteiger partial charge in [0, 0.05) is 24.0 Å². The van der Waals surface area contributed by atoms with Crippen LogP contribution in [0.4, 0.5) is 5.69 Å². The molecule has 1 aromatic rings. The zero-order valence-corrected chi connectivity index (χ0v) is 15.4. The van der Waals surface area contributed by atoms with Gasteiger partial charge >= 0.3 is 11.9 Å². The van der Waals surface area contributed by atoms with E-state index < -0.39 is 17.9 Å². The largest absolute Gasteiger partial charge is 0.466 e. The highest BCUT2D eigenvalue weighted by Gasteiger charge is 2.38. The molecule has 7 nitrogen and oxygen atoms in total. The minimum atomic E-state index is -0.737. The van der Waals surface area contributed by atoms with E-state index in [0.29, 0.717) is 22.6 Å². The number of anilines is 1. The number of methoxy groups -OCH3 is 2. The van der Waals surface area contributed by atoms with Gasteiger partial charge in [-0.1, -0.05) is 18.2 Å². The fourth-order valence-corrected chi connectivity index (χ4v) is 3.12. The lowest BCUT2D eigenvalue weighted by Crippen LogP contribution is -2.32. The predicted octanol–water partition coefficient (Wildman–Crippen LogP) is 2.23. The summed E-state index contributed by atoms with van der Waals surface area (Å²) in [5.74, 6) is -2.12. The van der Waals surface area contributed by atoms with Crippen molar-refractivity contribution in [2.75, 3.05) is 19.5 Å². The highest BCUT2D eigenvalue weighted by molar-refractivity contribution is 6.01. The van der Waals surface area contributed by atoms with Crippen LogP contribution in [0.5, 0.6) is 0 Å². The van der Waals surface area contributed by atoms with Gasteiger partial charge in [-0.15, -0.1) is 0 Å². The average Bonchev–Trinajstić information content (AvgIpc) is 2.60. The molecule has 1 heterocycles. The second-order valence-corrected chi connectivity index (χ2v) is 5.89. The Labute approximate surface area is 152 Å². The Morgan fingerprint density at radius 1 is 0.962 bits per heavy atom. The summed E-state index contributed by atoms with van der Waals surface area (Å²) in [6.07, 6.45) is 0. The molecule has 1 aliphatic rings. The van der Waals surface area contributed by atoms with E-state index in [9.17, 15) is 14.4 Å². The minimum absolute atomic E-state index is 0.257. The van der Waals surface area contributed by atoms with E-state index in [4.69, 9.17) is 9.47 Å². The Morgan fingerprint density at radius 3 is 1.92 bits per heavy atom. The van der Waals surface area contributed by atoms with E-state index in [0.717, 1.165) is 0 Å². The number of nitrogens with one attached hydrogen (secondary N) is 2. The maximum atomic E-state index is 12.5. The third kappa shape index (κ3) is 3.61. The number of hydrogen-bond acceptors (Lipinski definition) is 6. The summed E-state index contributed by atoms with van der Waals surface area (Å²) in [7, 11) is 2.56. The van der Waals surface area contributed by atoms with Crippen LogP contribution in [0.2, 0.25) is 0 Å². The number of para-hydroxylation sites is 1. The van der Waals surface area contributed by atoms with Gasteiger partial charge in [-0.25, -0.2) is 9.59 Å². The lowest BCUT2D eigenvalue weighted by atomic mass is 9.79. The number of hydrogen-bond donors (Lipinski definition) is 2. The molecule has 0 aromatic heterocycles. The van der Waals surface area contributed by atoms with Crippen LogP contribution in [-0.4, -0.2) is 32.1 Å². The number of esters is 2. The maximum Gasteiger partial charge on any atom is 0.336 e. The van der Waals surface area contributed by atoms with Crippen molar-refractivity contribution in [1.82, 2.24) is 5.32 Å². The first-order valence-electron chi connectivity index (χ1n) is 8.03. The summed E-state index contributed by atoms with van der Waals surface area (Å²) in [6, 6.07) is 7.01. The average molecular weight is 358 g/mol. The number of carbonyl (C=O) groups excluding carboxylic acids is 3. The van der Waals surface area contributed by atoms with Crippen LogP contribution < -0.4 is 10.6 Å². The molecule has 0 fully saturated rings. The van der Waals surface area contributed by atoms with Crippen LogP contribution in [0.1, 0.15) is 32.3 Å². The van der Waals surface area contributed by atoms with E-state index in [1.807, 2.05) is 0 Å². The van der Waals surface area contributed by atoms with Gasteiger partial charge in [-0.3, -0.25) is 4.79 Å². The molecule has 1 aromatic carbocycles. The summed E-state index contributed by atoms with van der Waals surface area (Å²) in [4.78, 5) is 36.5. The van der Waals surface area contributed by atoms with E-state index >= 15 is 0 Å². The lowest BCUT2D eigenvalue weighted by molar-refractivity contribution is -0.137. The first kappa shape index (κ1) is 19.2. The third-order valence-corrected chi connectivity index (χ3v) is 4.15. The molecule has 26 heavy (non-hydrogen) atoms. The fourth-order valence-electron chi connectivity index (χ4n) is 3.12. The standard InChI is InChI=1S/C19H22N2O5/c1-10-15(18(23)25-4)17(16(11(2)20-10)19(24)26-5)13-8-6-7-9-14(13)21-12(3)22/h6-9,17,20H,1-5H3,(H,21,22). The molecule has 0 spiro atoms. The number of dihydropyridines is 1. The van der Waals surface area contributed by atoms with Gasteiger partial charge in [0.25, 0.3) is 0 Å². The van der Waals surface area contributed by atoms with Crippen LogP contribution in [0.25, 0.3) is 0 Å². The zero-order valence-electron chi connectivity index (χ0n) is 15.4. The molecule has 0 atom stereocenters. The Kier molecular flexibility index (Phi) is 5.82. The predicted molar refractivity (Wildman–Crippen MR) is 96.1 cm³/mol. The van der Waals surface area contributed by atoms with Gasteiger partial charge in [-0.2, -0.15) is 0 Å². The highest BCUT2D eigenvalue weighted by Crippen LogP contribution is 2.41. The molecule has 0 aliphatic carbocycles. The topological polar surface area (TPSA) is 93.7 Å². The van der Waals surface area contributed by atoms with Gasteiger partial charge in [-0.05, 0) is 25.5 Å². The van der Waals surface area contributed by atoms with Crippen molar-refractivity contribution in [1.29, 1.82) is 0 Å². The molecular weight excluding hydrogens is 336 g/mol. The molecule has 0 radical (unpaired) electrons.